The topological polar surface area (TPSA) is 73.8 Å². The van der Waals surface area contributed by atoms with Crippen molar-refractivity contribution in [3.8, 4) is 5.88 Å². The van der Waals surface area contributed by atoms with E-state index < -0.39 is 0 Å². The van der Waals surface area contributed by atoms with E-state index in [9.17, 15) is 4.79 Å². The molecule has 0 aliphatic heterocycles. The largest absolute Gasteiger partial charge is 0.481 e. The van der Waals surface area contributed by atoms with Crippen LogP contribution in [0.5, 0.6) is 5.88 Å². The molecule has 112 valence electrons. The summed E-state index contributed by atoms with van der Waals surface area (Å²) in [6.45, 7) is 3.53. The van der Waals surface area contributed by atoms with Gasteiger partial charge < -0.3 is 19.1 Å². The highest BCUT2D eigenvalue weighted by Gasteiger charge is 2.16. The van der Waals surface area contributed by atoms with Gasteiger partial charge >= 0.3 is 5.97 Å². The van der Waals surface area contributed by atoms with Crippen LogP contribution in [-0.2, 0) is 14.3 Å². The zero-order valence-corrected chi connectivity index (χ0v) is 12.4. The van der Waals surface area contributed by atoms with Crippen LogP contribution >= 0.6 is 0 Å². The number of hydrogen-bond acceptors (Lipinski definition) is 7. The smallest absolute Gasteiger partial charge is 0.307 e. The van der Waals surface area contributed by atoms with Crippen LogP contribution in [0.3, 0.4) is 0 Å². The van der Waals surface area contributed by atoms with E-state index in [2.05, 4.69) is 14.7 Å². The Bertz CT molecular complexity index is 440. The zero-order chi connectivity index (χ0) is 15.0. The number of methoxy groups -OCH3 is 3. The molecule has 0 spiro atoms. The first-order valence-electron chi connectivity index (χ1n) is 6.30. The summed E-state index contributed by atoms with van der Waals surface area (Å²) >= 11 is 0. The van der Waals surface area contributed by atoms with Crippen LogP contribution in [0.25, 0.3) is 0 Å². The van der Waals surface area contributed by atoms with Crippen molar-refractivity contribution in [1.29, 1.82) is 0 Å². The fourth-order valence-corrected chi connectivity index (χ4v) is 1.80. The minimum absolute atomic E-state index is 0.258. The molecule has 20 heavy (non-hydrogen) atoms. The first kappa shape index (κ1) is 16.2. The molecule has 0 saturated heterocycles. The molecular formula is C13H21N3O4. The number of carbonyl (C=O) groups is 1. The molecule has 1 rings (SSSR count). The first-order chi connectivity index (χ1) is 9.63. The predicted octanol–water partition coefficient (Wildman–Crippen LogP) is 0.810. The van der Waals surface area contributed by atoms with Crippen molar-refractivity contribution < 1.29 is 19.0 Å². The molecule has 0 aromatic carbocycles. The van der Waals surface area contributed by atoms with Gasteiger partial charge in [-0.05, 0) is 6.92 Å². The maximum Gasteiger partial charge on any atom is 0.307 e. The van der Waals surface area contributed by atoms with E-state index in [4.69, 9.17) is 9.47 Å². The quantitative estimate of drug-likeness (QED) is 0.653. The number of carbonyl (C=O) groups excluding carboxylic acids is 1. The highest BCUT2D eigenvalue weighted by atomic mass is 16.5. The van der Waals surface area contributed by atoms with Crippen LogP contribution in [0, 0.1) is 6.92 Å². The van der Waals surface area contributed by atoms with E-state index in [1.54, 1.807) is 14.2 Å². The summed E-state index contributed by atoms with van der Waals surface area (Å²) in [5.41, 5.74) is 0.830. The van der Waals surface area contributed by atoms with Gasteiger partial charge in [0.1, 0.15) is 12.1 Å². The first-order valence-corrected chi connectivity index (χ1v) is 6.30. The molecule has 0 fully saturated rings. The summed E-state index contributed by atoms with van der Waals surface area (Å²) in [7, 11) is 4.57. The van der Waals surface area contributed by atoms with Gasteiger partial charge in [0.2, 0.25) is 5.88 Å². The number of aromatic nitrogens is 2. The molecule has 1 aromatic rings. The third kappa shape index (κ3) is 4.34. The number of esters is 1. The second kappa shape index (κ2) is 8.31. The van der Waals surface area contributed by atoms with Crippen molar-refractivity contribution in [1.82, 2.24) is 9.97 Å². The highest BCUT2D eigenvalue weighted by molar-refractivity contribution is 5.70. The van der Waals surface area contributed by atoms with Crippen LogP contribution in [0.1, 0.15) is 12.0 Å². The summed E-state index contributed by atoms with van der Waals surface area (Å²) in [4.78, 5) is 21.6. The van der Waals surface area contributed by atoms with Crippen LogP contribution in [-0.4, -0.2) is 57.0 Å². The molecule has 0 N–H and O–H groups in total. The predicted molar refractivity (Wildman–Crippen MR) is 74.0 cm³/mol. The fourth-order valence-electron chi connectivity index (χ4n) is 1.80. The Hall–Kier alpha value is -1.89. The molecule has 0 bridgehead atoms. The molecular weight excluding hydrogens is 262 g/mol. The summed E-state index contributed by atoms with van der Waals surface area (Å²) in [6, 6.07) is 0. The lowest BCUT2D eigenvalue weighted by molar-refractivity contribution is -0.140. The fraction of sp³-hybridized carbons (Fsp3) is 0.615. The summed E-state index contributed by atoms with van der Waals surface area (Å²) in [5.74, 6) is 0.999. The average Bonchev–Trinajstić information content (AvgIpc) is 2.47. The molecule has 7 heteroatoms. The van der Waals surface area contributed by atoms with Crippen LogP contribution < -0.4 is 9.64 Å². The van der Waals surface area contributed by atoms with E-state index in [1.807, 2.05) is 11.8 Å². The molecule has 1 aromatic heterocycles. The zero-order valence-electron chi connectivity index (χ0n) is 12.4. The van der Waals surface area contributed by atoms with E-state index in [-0.39, 0.29) is 12.4 Å². The monoisotopic (exact) mass is 283 g/mol. The SMILES string of the molecule is COCCN(CCC(=O)OC)c1ncnc(OC)c1C. The normalized spacial score (nSPS) is 10.2. The van der Waals surface area contributed by atoms with Crippen LogP contribution in [0.15, 0.2) is 6.33 Å². The van der Waals surface area contributed by atoms with Gasteiger partial charge in [0.25, 0.3) is 0 Å². The van der Waals surface area contributed by atoms with Gasteiger partial charge in [-0.1, -0.05) is 0 Å². The minimum atomic E-state index is -0.258. The van der Waals surface area contributed by atoms with Gasteiger partial charge in [-0.2, -0.15) is 0 Å². The maximum absolute atomic E-state index is 11.3. The van der Waals surface area contributed by atoms with Crippen molar-refractivity contribution in [2.24, 2.45) is 0 Å². The lowest BCUT2D eigenvalue weighted by Gasteiger charge is -2.24. The van der Waals surface area contributed by atoms with E-state index in [0.29, 0.717) is 25.6 Å². The second-order valence-electron chi connectivity index (χ2n) is 4.14. The molecule has 7 nitrogen and oxygen atoms in total. The molecule has 0 unspecified atom stereocenters. The number of rotatable bonds is 8. The van der Waals surface area contributed by atoms with Crippen molar-refractivity contribution in [2.75, 3.05) is 45.9 Å². The average molecular weight is 283 g/mol. The van der Waals surface area contributed by atoms with Gasteiger partial charge in [-0.3, -0.25) is 4.79 Å². The standard InChI is InChI=1S/C13H21N3O4/c1-10-12(14-9-15-13(10)20-4)16(7-8-18-2)6-5-11(17)19-3/h9H,5-8H2,1-4H3. The van der Waals surface area contributed by atoms with Gasteiger partial charge in [0, 0.05) is 20.2 Å². The van der Waals surface area contributed by atoms with E-state index >= 15 is 0 Å². The highest BCUT2D eigenvalue weighted by Crippen LogP contribution is 2.23. The Labute approximate surface area is 118 Å². The maximum atomic E-state index is 11.3. The van der Waals surface area contributed by atoms with Crippen molar-refractivity contribution in [3.05, 3.63) is 11.9 Å². The van der Waals surface area contributed by atoms with Crippen molar-refractivity contribution >= 4 is 11.8 Å². The Morgan fingerprint density at radius 1 is 1.25 bits per heavy atom. The molecule has 0 saturated carbocycles. The summed E-state index contributed by atoms with van der Waals surface area (Å²) < 4.78 is 14.9. The summed E-state index contributed by atoms with van der Waals surface area (Å²) in [6.07, 6.45) is 1.73. The Morgan fingerprint density at radius 3 is 2.60 bits per heavy atom. The number of hydrogen-bond donors (Lipinski definition) is 0. The Morgan fingerprint density at radius 2 is 2.00 bits per heavy atom. The molecule has 0 radical (unpaired) electrons. The number of anilines is 1. The van der Waals surface area contributed by atoms with Crippen molar-refractivity contribution in [3.63, 3.8) is 0 Å². The lowest BCUT2D eigenvalue weighted by Crippen LogP contribution is -2.31. The third-order valence-corrected chi connectivity index (χ3v) is 2.88. The Kier molecular flexibility index (Phi) is 6.72. The van der Waals surface area contributed by atoms with Gasteiger partial charge in [0.05, 0.1) is 32.8 Å². The molecule has 0 atom stereocenters. The van der Waals surface area contributed by atoms with Gasteiger partial charge in [0.15, 0.2) is 0 Å². The van der Waals surface area contributed by atoms with E-state index in [0.717, 1.165) is 11.4 Å². The summed E-state index contributed by atoms with van der Waals surface area (Å²) in [5, 5.41) is 0. The van der Waals surface area contributed by atoms with Crippen molar-refractivity contribution in [2.45, 2.75) is 13.3 Å². The minimum Gasteiger partial charge on any atom is -0.481 e. The van der Waals surface area contributed by atoms with Gasteiger partial charge in [-0.15, -0.1) is 0 Å². The molecule has 0 amide bonds. The lowest BCUT2D eigenvalue weighted by atomic mass is 10.2. The number of nitrogens with zero attached hydrogens (tertiary/aromatic N) is 3. The Balaban J connectivity index is 2.89. The van der Waals surface area contributed by atoms with E-state index in [1.165, 1.54) is 13.4 Å². The van der Waals surface area contributed by atoms with Crippen LogP contribution in [0.4, 0.5) is 5.82 Å². The second-order valence-corrected chi connectivity index (χ2v) is 4.14. The molecule has 1 heterocycles. The third-order valence-electron chi connectivity index (χ3n) is 2.88. The number of ether oxygens (including phenoxy) is 3. The van der Waals surface area contributed by atoms with Gasteiger partial charge in [-0.25, -0.2) is 9.97 Å². The van der Waals surface area contributed by atoms with Crippen LogP contribution in [0.2, 0.25) is 0 Å². The molecule has 0 aliphatic carbocycles. The molecule has 0 aliphatic rings.